The van der Waals surface area contributed by atoms with Crippen molar-refractivity contribution in [1.29, 1.82) is 10.8 Å². The Bertz CT molecular complexity index is 1320. The minimum atomic E-state index is -1.74. The molecule has 0 aliphatic rings. The monoisotopic (exact) mass is 789 g/mol. The van der Waals surface area contributed by atoms with E-state index in [4.69, 9.17) is 28.0 Å². The normalized spacial score (nSPS) is 15.2. The molecule has 0 fully saturated rings. The van der Waals surface area contributed by atoms with Crippen molar-refractivity contribution in [2.45, 2.75) is 114 Å². The minimum absolute atomic E-state index is 0.0449. The van der Waals surface area contributed by atoms with Gasteiger partial charge in [-0.25, -0.2) is 4.79 Å². The molecule has 0 heterocycles. The van der Waals surface area contributed by atoms with Gasteiger partial charge in [-0.15, -0.1) is 0 Å². The molecule has 0 aromatic rings. The molecule has 24 heteroatoms. The minimum Gasteiger partial charge on any atom is -0.480 e. The van der Waals surface area contributed by atoms with Crippen LogP contribution in [0.15, 0.2) is 0 Å². The van der Waals surface area contributed by atoms with Crippen molar-refractivity contribution in [3.8, 4) is 0 Å². The molecule has 55 heavy (non-hydrogen) atoms. The number of aliphatic hydroxyl groups is 3. The molecule has 0 rings (SSSR count). The Hall–Kier alpha value is -5.33. The van der Waals surface area contributed by atoms with Gasteiger partial charge in [0.15, 0.2) is 18.0 Å². The van der Waals surface area contributed by atoms with Crippen LogP contribution in [0.1, 0.15) is 65.7 Å². The SMILES string of the molecule is CC(=O)N[C@@H](CCCNC(=N)N)C(=O)N[C@H](C(=O)N[C@@H](CCCCN)C(=O)N[C@@H](CO)C(=O)N[C@@H](CCCNC(=N)N)C(=O)N[C@H](C(=O)O)[C@@H](C)O)[C@@H](C)O. The number of carbonyl (C=O) groups is 7. The lowest BCUT2D eigenvalue weighted by molar-refractivity contribution is -0.145. The summed E-state index contributed by atoms with van der Waals surface area (Å²) in [6.07, 6.45) is -2.04. The van der Waals surface area contributed by atoms with E-state index in [1.165, 1.54) is 13.8 Å². The number of carboxylic acids is 1. The van der Waals surface area contributed by atoms with Crippen molar-refractivity contribution in [2.24, 2.45) is 17.2 Å². The molecule has 0 bridgehead atoms. The van der Waals surface area contributed by atoms with Crippen LogP contribution in [-0.4, -0.2) is 148 Å². The van der Waals surface area contributed by atoms with Crippen LogP contribution in [0.4, 0.5) is 0 Å². The van der Waals surface area contributed by atoms with E-state index < -0.39 is 96.5 Å². The number of hydrogen-bond donors (Lipinski definition) is 17. The zero-order valence-electron chi connectivity index (χ0n) is 31.3. The molecule has 0 aromatic heterocycles. The van der Waals surface area contributed by atoms with Gasteiger partial charge in [-0.3, -0.25) is 39.6 Å². The Balaban J connectivity index is 6.07. The van der Waals surface area contributed by atoms with Crippen LogP contribution < -0.4 is 59.7 Å². The van der Waals surface area contributed by atoms with Gasteiger partial charge in [0.25, 0.3) is 0 Å². The number of amides is 6. The molecular formula is C31H59N13O11. The fraction of sp³-hybridized carbons (Fsp3) is 0.710. The second-order valence-electron chi connectivity index (χ2n) is 12.7. The van der Waals surface area contributed by atoms with Crippen LogP contribution in [0.2, 0.25) is 0 Å². The third-order valence-corrected chi connectivity index (χ3v) is 7.80. The fourth-order valence-corrected chi connectivity index (χ4v) is 4.90. The Kier molecular flexibility index (Phi) is 23.9. The smallest absolute Gasteiger partial charge is 0.328 e. The van der Waals surface area contributed by atoms with Gasteiger partial charge >= 0.3 is 5.97 Å². The Morgan fingerprint density at radius 2 is 0.964 bits per heavy atom. The first kappa shape index (κ1) is 49.7. The van der Waals surface area contributed by atoms with Crippen molar-refractivity contribution < 1.29 is 54.0 Å². The van der Waals surface area contributed by atoms with Crippen molar-refractivity contribution in [1.82, 2.24) is 42.5 Å². The molecule has 314 valence electrons. The summed E-state index contributed by atoms with van der Waals surface area (Å²) < 4.78 is 0. The van der Waals surface area contributed by atoms with Crippen molar-refractivity contribution in [2.75, 3.05) is 26.2 Å². The summed E-state index contributed by atoms with van der Waals surface area (Å²) in [4.78, 5) is 89.7. The van der Waals surface area contributed by atoms with E-state index in [0.29, 0.717) is 12.8 Å². The third-order valence-electron chi connectivity index (χ3n) is 7.80. The maximum absolute atomic E-state index is 13.5. The molecule has 8 atom stereocenters. The molecule has 6 amide bonds. The van der Waals surface area contributed by atoms with E-state index in [-0.39, 0.29) is 63.7 Å². The van der Waals surface area contributed by atoms with Gasteiger partial charge in [-0.05, 0) is 65.3 Å². The van der Waals surface area contributed by atoms with Crippen LogP contribution >= 0.6 is 0 Å². The van der Waals surface area contributed by atoms with Crippen LogP contribution in [0.3, 0.4) is 0 Å². The van der Waals surface area contributed by atoms with Crippen LogP contribution in [0.5, 0.6) is 0 Å². The van der Waals surface area contributed by atoms with Crippen molar-refractivity contribution in [3.63, 3.8) is 0 Å². The molecule has 0 radical (unpaired) electrons. The zero-order chi connectivity index (χ0) is 42.2. The molecule has 0 aliphatic heterocycles. The third kappa shape index (κ3) is 20.6. The number of aliphatic hydroxyl groups excluding tert-OH is 3. The van der Waals surface area contributed by atoms with Gasteiger partial charge in [-0.2, -0.15) is 0 Å². The first-order valence-corrected chi connectivity index (χ1v) is 17.6. The summed E-state index contributed by atoms with van der Waals surface area (Å²) in [5.41, 5.74) is 16.1. The molecule has 24 nitrogen and oxygen atoms in total. The Morgan fingerprint density at radius 1 is 0.582 bits per heavy atom. The number of hydrogen-bond acceptors (Lipinski definition) is 13. The average Bonchev–Trinajstić information content (AvgIpc) is 3.09. The van der Waals surface area contributed by atoms with Gasteiger partial charge < -0.3 is 80.2 Å². The molecular weight excluding hydrogens is 730 g/mol. The molecule has 0 saturated carbocycles. The van der Waals surface area contributed by atoms with Crippen molar-refractivity contribution in [3.05, 3.63) is 0 Å². The lowest BCUT2D eigenvalue weighted by Gasteiger charge is -2.28. The summed E-state index contributed by atoms with van der Waals surface area (Å²) in [6.45, 7) is 3.02. The van der Waals surface area contributed by atoms with Gasteiger partial charge in [0.2, 0.25) is 35.4 Å². The van der Waals surface area contributed by atoms with Crippen LogP contribution in [0, 0.1) is 10.8 Å². The number of carbonyl (C=O) groups excluding carboxylic acids is 6. The lowest BCUT2D eigenvalue weighted by Crippen LogP contribution is -2.61. The van der Waals surface area contributed by atoms with E-state index in [1.807, 2.05) is 0 Å². The van der Waals surface area contributed by atoms with Gasteiger partial charge in [0.1, 0.15) is 30.2 Å². The summed E-state index contributed by atoms with van der Waals surface area (Å²) in [5.74, 6) is -7.70. The molecule has 0 aromatic carbocycles. The van der Waals surface area contributed by atoms with Crippen LogP contribution in [0.25, 0.3) is 0 Å². The first-order chi connectivity index (χ1) is 25.7. The summed E-state index contributed by atoms with van der Waals surface area (Å²) in [6, 6.07) is -9.07. The Morgan fingerprint density at radius 3 is 1.36 bits per heavy atom. The summed E-state index contributed by atoms with van der Waals surface area (Å²) in [7, 11) is 0. The maximum Gasteiger partial charge on any atom is 0.328 e. The van der Waals surface area contributed by atoms with E-state index in [2.05, 4.69) is 42.5 Å². The highest BCUT2D eigenvalue weighted by molar-refractivity contribution is 5.97. The number of carboxylic acid groups (broad SMARTS) is 1. The zero-order valence-corrected chi connectivity index (χ0v) is 31.3. The number of guanidine groups is 2. The second kappa shape index (κ2) is 26.4. The standard InChI is InChI=1S/C31H59N13O11/c1-15(46)22(43-25(50)18(39-17(3)48)9-6-12-37-30(33)34)28(53)41-19(8-4-5-11-32)24(49)42-21(14-45)27(52)40-20(10-7-13-38-31(35)36)26(51)44-23(16(2)47)29(54)55/h15-16,18-23,45-47H,4-14,32H2,1-3H3,(H,39,48)(H,40,52)(H,41,53)(H,42,49)(H,43,50)(H,44,51)(H,54,55)(H4,33,34,37)(H4,35,36,38)/t15-,16-,18+,19+,20+,21+,22+,23+/m1/s1. The topological polar surface area (TPSA) is 422 Å². The quantitative estimate of drug-likeness (QED) is 0.0209. The van der Waals surface area contributed by atoms with E-state index >= 15 is 0 Å². The highest BCUT2D eigenvalue weighted by Crippen LogP contribution is 2.07. The van der Waals surface area contributed by atoms with Gasteiger partial charge in [0.05, 0.1) is 18.8 Å². The number of aliphatic carboxylic acids is 1. The number of rotatable bonds is 27. The summed E-state index contributed by atoms with van der Waals surface area (Å²) in [5, 5.41) is 73.2. The lowest BCUT2D eigenvalue weighted by atomic mass is 10.0. The molecule has 0 saturated heterocycles. The first-order valence-electron chi connectivity index (χ1n) is 17.6. The average molecular weight is 790 g/mol. The van der Waals surface area contributed by atoms with E-state index in [0.717, 1.165) is 6.92 Å². The molecule has 0 aliphatic carbocycles. The highest BCUT2D eigenvalue weighted by atomic mass is 16.4. The van der Waals surface area contributed by atoms with Gasteiger partial charge in [-0.1, -0.05) is 0 Å². The predicted octanol–water partition coefficient (Wildman–Crippen LogP) is -6.59. The van der Waals surface area contributed by atoms with E-state index in [1.54, 1.807) is 0 Å². The van der Waals surface area contributed by atoms with Gasteiger partial charge in [0, 0.05) is 20.0 Å². The second-order valence-corrected chi connectivity index (χ2v) is 12.7. The number of nitrogens with two attached hydrogens (primary N) is 3. The largest absolute Gasteiger partial charge is 0.480 e. The van der Waals surface area contributed by atoms with Crippen molar-refractivity contribution >= 4 is 53.3 Å². The predicted molar refractivity (Wildman–Crippen MR) is 197 cm³/mol. The molecule has 20 N–H and O–H groups in total. The van der Waals surface area contributed by atoms with Crippen LogP contribution in [-0.2, 0) is 33.6 Å². The maximum atomic E-state index is 13.5. The number of nitrogens with one attached hydrogen (secondary N) is 10. The highest BCUT2D eigenvalue weighted by Gasteiger charge is 2.34. The number of unbranched alkanes of at least 4 members (excludes halogenated alkanes) is 1. The summed E-state index contributed by atoms with van der Waals surface area (Å²) >= 11 is 0. The Labute approximate surface area is 318 Å². The molecule has 0 unspecified atom stereocenters. The fourth-order valence-electron chi connectivity index (χ4n) is 4.90. The van der Waals surface area contributed by atoms with E-state index in [9.17, 15) is 54.0 Å². The molecule has 0 spiro atoms.